The van der Waals surface area contributed by atoms with Crippen molar-refractivity contribution in [1.82, 2.24) is 9.80 Å². The van der Waals surface area contributed by atoms with Gasteiger partial charge in [0.1, 0.15) is 0 Å². The van der Waals surface area contributed by atoms with Crippen molar-refractivity contribution in [2.24, 2.45) is 5.92 Å². The van der Waals surface area contributed by atoms with E-state index in [0.29, 0.717) is 0 Å². The highest BCUT2D eigenvalue weighted by Crippen LogP contribution is 2.31. The average Bonchev–Trinajstić information content (AvgIpc) is 2.44. The minimum atomic E-state index is -1.14. The lowest BCUT2D eigenvalue weighted by atomic mass is 9.81. The van der Waals surface area contributed by atoms with Crippen LogP contribution in [0, 0.1) is 5.92 Å². The van der Waals surface area contributed by atoms with Gasteiger partial charge in [0, 0.05) is 19.1 Å². The molecule has 2 amide bonds. The number of nitrogens with zero attached hydrogens (tertiary/aromatic N) is 2. The first-order chi connectivity index (χ1) is 10.6. The van der Waals surface area contributed by atoms with Crippen LogP contribution in [0.15, 0.2) is 0 Å². The molecule has 2 atom stereocenters. The Morgan fingerprint density at radius 1 is 1.09 bits per heavy atom. The molecule has 0 spiro atoms. The van der Waals surface area contributed by atoms with Gasteiger partial charge in [-0.25, -0.2) is 9.59 Å². The first-order valence-electron chi connectivity index (χ1n) is 8.20. The smallest absolute Gasteiger partial charge is 0.408 e. The van der Waals surface area contributed by atoms with Crippen molar-refractivity contribution in [3.8, 4) is 0 Å². The van der Waals surface area contributed by atoms with Crippen molar-refractivity contribution < 1.29 is 24.9 Å². The molecule has 1 aliphatic rings. The third-order valence-corrected chi connectivity index (χ3v) is 4.57. The van der Waals surface area contributed by atoms with E-state index in [0.717, 1.165) is 37.0 Å². The standard InChI is InChI=1S/C16H30N2O5/c1-16(2,3)18(15(22)23)12(10-17(4)14(20)21)13(19)11-8-6-5-7-9-11/h11-13,19H,5-10H2,1-4H3,(H,20,21)(H,22,23)/t12-,13+/m1/s1. The topological polar surface area (TPSA) is 101 Å². The molecule has 0 bridgehead atoms. The van der Waals surface area contributed by atoms with Gasteiger partial charge in [-0.15, -0.1) is 0 Å². The minimum Gasteiger partial charge on any atom is -0.465 e. The Balaban J connectivity index is 3.07. The number of rotatable bonds is 5. The maximum Gasteiger partial charge on any atom is 0.408 e. The van der Waals surface area contributed by atoms with E-state index in [9.17, 15) is 19.8 Å². The number of hydrogen-bond donors (Lipinski definition) is 3. The van der Waals surface area contributed by atoms with Crippen molar-refractivity contribution in [3.05, 3.63) is 0 Å². The monoisotopic (exact) mass is 330 g/mol. The summed E-state index contributed by atoms with van der Waals surface area (Å²) in [4.78, 5) is 25.2. The van der Waals surface area contributed by atoms with E-state index in [2.05, 4.69) is 0 Å². The van der Waals surface area contributed by atoms with Gasteiger partial charge in [-0.05, 0) is 39.5 Å². The highest BCUT2D eigenvalue weighted by Gasteiger charge is 2.41. The molecule has 0 radical (unpaired) electrons. The Morgan fingerprint density at radius 2 is 1.61 bits per heavy atom. The zero-order chi connectivity index (χ0) is 17.8. The average molecular weight is 330 g/mol. The molecule has 134 valence electrons. The number of likely N-dealkylation sites (N-methyl/N-ethyl adjacent to an activating group) is 1. The first-order valence-corrected chi connectivity index (χ1v) is 8.20. The summed E-state index contributed by atoms with van der Waals surface area (Å²) in [5, 5.41) is 29.6. The van der Waals surface area contributed by atoms with Gasteiger partial charge in [-0.3, -0.25) is 4.90 Å². The maximum absolute atomic E-state index is 11.8. The lowest BCUT2D eigenvalue weighted by molar-refractivity contribution is -0.0338. The van der Waals surface area contributed by atoms with E-state index < -0.39 is 29.9 Å². The van der Waals surface area contributed by atoms with Crippen molar-refractivity contribution in [3.63, 3.8) is 0 Å². The lowest BCUT2D eigenvalue weighted by Crippen LogP contribution is -2.60. The van der Waals surface area contributed by atoms with Crippen molar-refractivity contribution >= 4 is 12.2 Å². The third kappa shape index (κ3) is 5.27. The summed E-state index contributed by atoms with van der Waals surface area (Å²) in [5.41, 5.74) is -0.731. The molecule has 0 saturated heterocycles. The second kappa shape index (κ2) is 7.86. The van der Waals surface area contributed by atoms with Crippen molar-refractivity contribution in [2.45, 2.75) is 70.6 Å². The molecule has 7 nitrogen and oxygen atoms in total. The Kier molecular flexibility index (Phi) is 6.68. The molecule has 0 aliphatic heterocycles. The molecule has 0 aromatic rings. The van der Waals surface area contributed by atoms with Crippen LogP contribution in [0.25, 0.3) is 0 Å². The summed E-state index contributed by atoms with van der Waals surface area (Å²) in [6.07, 6.45) is 1.73. The van der Waals surface area contributed by atoms with Crippen LogP contribution in [-0.4, -0.2) is 68.6 Å². The van der Waals surface area contributed by atoms with Gasteiger partial charge in [-0.2, -0.15) is 0 Å². The Morgan fingerprint density at radius 3 is 2.00 bits per heavy atom. The van der Waals surface area contributed by atoms with Crippen LogP contribution >= 0.6 is 0 Å². The van der Waals surface area contributed by atoms with E-state index >= 15 is 0 Å². The Labute approximate surface area is 137 Å². The summed E-state index contributed by atoms with van der Waals surface area (Å²) in [5.74, 6) is 0.0140. The summed E-state index contributed by atoms with van der Waals surface area (Å²) in [7, 11) is 1.39. The molecule has 7 heteroatoms. The summed E-state index contributed by atoms with van der Waals surface area (Å²) in [6.45, 7) is 5.21. The predicted molar refractivity (Wildman–Crippen MR) is 86.6 cm³/mol. The SMILES string of the molecule is CN(C[C@H]([C@@H](O)C1CCCCC1)N(C(=O)O)C(C)(C)C)C(=O)O. The molecule has 3 N–H and O–H groups in total. The molecular weight excluding hydrogens is 300 g/mol. The maximum atomic E-state index is 11.8. The van der Waals surface area contributed by atoms with Gasteiger partial charge in [-0.1, -0.05) is 19.3 Å². The number of aliphatic hydroxyl groups excluding tert-OH is 1. The number of hydrogen-bond acceptors (Lipinski definition) is 3. The highest BCUT2D eigenvalue weighted by molar-refractivity contribution is 5.67. The number of carbonyl (C=O) groups is 2. The molecule has 1 aliphatic carbocycles. The fraction of sp³-hybridized carbons (Fsp3) is 0.875. The van der Waals surface area contributed by atoms with E-state index in [1.54, 1.807) is 20.8 Å². The molecule has 1 rings (SSSR count). The van der Waals surface area contributed by atoms with Gasteiger partial charge in [0.15, 0.2) is 0 Å². The van der Waals surface area contributed by atoms with Crippen LogP contribution in [0.5, 0.6) is 0 Å². The molecule has 0 unspecified atom stereocenters. The van der Waals surface area contributed by atoms with Crippen LogP contribution in [0.4, 0.5) is 9.59 Å². The van der Waals surface area contributed by atoms with Gasteiger partial charge in [0.05, 0.1) is 12.1 Å². The molecule has 0 aromatic heterocycles. The third-order valence-electron chi connectivity index (χ3n) is 4.57. The van der Waals surface area contributed by atoms with Crippen molar-refractivity contribution in [1.29, 1.82) is 0 Å². The van der Waals surface area contributed by atoms with Gasteiger partial charge in [0.25, 0.3) is 0 Å². The summed E-state index contributed by atoms with van der Waals surface area (Å²) >= 11 is 0. The van der Waals surface area contributed by atoms with Crippen molar-refractivity contribution in [2.75, 3.05) is 13.6 Å². The number of amides is 2. The van der Waals surface area contributed by atoms with E-state index in [1.807, 2.05) is 0 Å². The zero-order valence-corrected chi connectivity index (χ0v) is 14.5. The van der Waals surface area contributed by atoms with Gasteiger partial charge in [0.2, 0.25) is 0 Å². The second-order valence-corrected chi connectivity index (χ2v) is 7.44. The molecular formula is C16H30N2O5. The molecule has 1 saturated carbocycles. The van der Waals surface area contributed by atoms with Crippen LogP contribution < -0.4 is 0 Å². The van der Waals surface area contributed by atoms with Crippen LogP contribution in [0.3, 0.4) is 0 Å². The summed E-state index contributed by atoms with van der Waals surface area (Å²) < 4.78 is 0. The van der Waals surface area contributed by atoms with Crippen LogP contribution in [-0.2, 0) is 0 Å². The minimum absolute atomic E-state index is 0.0140. The molecule has 0 heterocycles. The lowest BCUT2D eigenvalue weighted by Gasteiger charge is -2.44. The first kappa shape index (κ1) is 19.5. The Bertz CT molecular complexity index is 415. The quantitative estimate of drug-likeness (QED) is 0.719. The van der Waals surface area contributed by atoms with Gasteiger partial charge < -0.3 is 20.2 Å². The molecule has 0 aromatic carbocycles. The molecule has 1 fully saturated rings. The molecule has 23 heavy (non-hydrogen) atoms. The van der Waals surface area contributed by atoms with Gasteiger partial charge >= 0.3 is 12.2 Å². The van der Waals surface area contributed by atoms with E-state index in [1.165, 1.54) is 11.9 Å². The van der Waals surface area contributed by atoms with Crippen LogP contribution in [0.1, 0.15) is 52.9 Å². The van der Waals surface area contributed by atoms with Crippen LogP contribution in [0.2, 0.25) is 0 Å². The number of carboxylic acid groups (broad SMARTS) is 2. The fourth-order valence-corrected chi connectivity index (χ4v) is 3.42. The van der Waals surface area contributed by atoms with E-state index in [4.69, 9.17) is 5.11 Å². The normalized spacial score (nSPS) is 19.0. The second-order valence-electron chi connectivity index (χ2n) is 7.44. The Hall–Kier alpha value is -1.50. The predicted octanol–water partition coefficient (Wildman–Crippen LogP) is 2.68. The largest absolute Gasteiger partial charge is 0.465 e. The van der Waals surface area contributed by atoms with E-state index in [-0.39, 0.29) is 12.5 Å². The fourth-order valence-electron chi connectivity index (χ4n) is 3.42. The highest BCUT2D eigenvalue weighted by atomic mass is 16.4. The number of aliphatic hydroxyl groups is 1. The summed E-state index contributed by atoms with van der Waals surface area (Å²) in [6, 6.07) is -0.781. The zero-order valence-electron chi connectivity index (χ0n) is 14.5.